The molecule has 0 saturated carbocycles. The number of carbonyl (C=O) groups excluding carboxylic acids is 2. The van der Waals surface area contributed by atoms with Crippen LogP contribution < -0.4 is 16.0 Å². The minimum Gasteiger partial charge on any atom is -0.481 e. The van der Waals surface area contributed by atoms with E-state index in [1.54, 1.807) is 60.7 Å². The molecule has 12 heteroatoms. The fourth-order valence-electron chi connectivity index (χ4n) is 4.78. The molecule has 0 aliphatic carbocycles. The summed E-state index contributed by atoms with van der Waals surface area (Å²) in [6.07, 6.45) is -0.353. The molecule has 2 heterocycles. The van der Waals surface area contributed by atoms with Crippen molar-refractivity contribution in [3.05, 3.63) is 99.0 Å². The molecule has 40 heavy (non-hydrogen) atoms. The topological polar surface area (TPSA) is 123 Å². The minimum absolute atomic E-state index is 0. The second-order valence-electron chi connectivity index (χ2n) is 9.21. The Labute approximate surface area is 247 Å². The second kappa shape index (κ2) is 12.6. The number of hydrogen-bond donors (Lipinski definition) is 4. The molecule has 2 unspecified atom stereocenters. The minimum atomic E-state index is -1.12. The molecule has 0 spiro atoms. The van der Waals surface area contributed by atoms with Crippen LogP contribution in [0.25, 0.3) is 0 Å². The first-order chi connectivity index (χ1) is 18.8. The van der Waals surface area contributed by atoms with Gasteiger partial charge in [0.05, 0.1) is 12.5 Å². The van der Waals surface area contributed by atoms with Gasteiger partial charge in [-0.3, -0.25) is 19.4 Å². The number of rotatable bonds is 7. The highest BCUT2D eigenvalue weighted by Gasteiger charge is 2.42. The maximum Gasteiger partial charge on any atom is 0.305 e. The van der Waals surface area contributed by atoms with Crippen molar-refractivity contribution in [3.8, 4) is 0 Å². The fourth-order valence-corrected chi connectivity index (χ4v) is 5.32. The predicted octanol–water partition coefficient (Wildman–Crippen LogP) is 5.28. The molecular formula is C28H26Cl3N5O4. The Bertz CT molecular complexity index is 1440. The van der Waals surface area contributed by atoms with Crippen molar-refractivity contribution in [2.24, 2.45) is 4.99 Å². The normalized spacial score (nSPS) is 16.6. The number of carboxylic acid groups (broad SMARTS) is 1. The van der Waals surface area contributed by atoms with Gasteiger partial charge in [-0.15, -0.1) is 12.4 Å². The van der Waals surface area contributed by atoms with Gasteiger partial charge in [0.1, 0.15) is 6.17 Å². The van der Waals surface area contributed by atoms with Crippen molar-refractivity contribution in [2.45, 2.75) is 25.0 Å². The summed E-state index contributed by atoms with van der Waals surface area (Å²) in [6.45, 7) is 1.59. The quantitative estimate of drug-likeness (QED) is 0.292. The highest BCUT2D eigenvalue weighted by atomic mass is 35.5. The van der Waals surface area contributed by atoms with Crippen LogP contribution in [-0.4, -0.2) is 46.8 Å². The summed E-state index contributed by atoms with van der Waals surface area (Å²) in [5.41, 5.74) is 2.54. The van der Waals surface area contributed by atoms with E-state index in [1.807, 2.05) is 0 Å². The largest absolute Gasteiger partial charge is 0.481 e. The average molecular weight is 603 g/mol. The lowest BCUT2D eigenvalue weighted by molar-refractivity contribution is -0.138. The van der Waals surface area contributed by atoms with Crippen molar-refractivity contribution >= 4 is 65.0 Å². The number of amides is 2. The number of carbonyl (C=O) groups is 3. The van der Waals surface area contributed by atoms with E-state index in [1.165, 1.54) is 11.0 Å². The molecule has 0 aromatic heterocycles. The number of carboxylic acids is 1. The van der Waals surface area contributed by atoms with E-state index in [0.717, 1.165) is 25.2 Å². The number of nitrogens with one attached hydrogen (secondary N) is 3. The van der Waals surface area contributed by atoms with Crippen LogP contribution >= 0.6 is 35.6 Å². The second-order valence-corrected chi connectivity index (χ2v) is 10.1. The molecular weight excluding hydrogens is 577 g/mol. The monoisotopic (exact) mass is 601 g/mol. The van der Waals surface area contributed by atoms with Crippen LogP contribution in [0, 0.1) is 0 Å². The Balaban J connectivity index is 0.00000370. The molecule has 3 aromatic carbocycles. The SMILES string of the molecule is Cl.O=C(O)CC(c1cc(Cl)cc(Cl)c1)N1C(=O)c2ccccc2C1NC(=O)c1ccc(NC2=NCCCN2)cc1. The van der Waals surface area contributed by atoms with E-state index in [2.05, 4.69) is 20.9 Å². The number of guanidine groups is 1. The lowest BCUT2D eigenvalue weighted by Gasteiger charge is -2.33. The maximum atomic E-state index is 13.6. The molecule has 2 aliphatic heterocycles. The number of aliphatic carboxylic acids is 1. The van der Waals surface area contributed by atoms with Gasteiger partial charge in [-0.2, -0.15) is 0 Å². The number of hydrogen-bond acceptors (Lipinski definition) is 6. The van der Waals surface area contributed by atoms with Crippen molar-refractivity contribution in [2.75, 3.05) is 18.4 Å². The third-order valence-electron chi connectivity index (χ3n) is 6.55. The number of halogens is 3. The molecule has 0 bridgehead atoms. The summed E-state index contributed by atoms with van der Waals surface area (Å²) in [6, 6.07) is 17.5. The summed E-state index contributed by atoms with van der Waals surface area (Å²) in [4.78, 5) is 44.7. The van der Waals surface area contributed by atoms with Gasteiger partial charge in [0.2, 0.25) is 0 Å². The number of aliphatic imine (C=N–C) groups is 1. The lowest BCUT2D eigenvalue weighted by atomic mass is 10.0. The first-order valence-corrected chi connectivity index (χ1v) is 13.1. The molecule has 208 valence electrons. The van der Waals surface area contributed by atoms with Crippen molar-refractivity contribution < 1.29 is 19.5 Å². The Morgan fingerprint density at radius 3 is 2.42 bits per heavy atom. The van der Waals surface area contributed by atoms with Crippen LogP contribution in [0.4, 0.5) is 5.69 Å². The number of fused-ring (bicyclic) bond motifs is 1. The summed E-state index contributed by atoms with van der Waals surface area (Å²) in [5.74, 6) is -1.27. The summed E-state index contributed by atoms with van der Waals surface area (Å²) in [7, 11) is 0. The standard InChI is InChI=1S/C28H25Cl2N5O4.ClH/c29-18-12-17(13-19(30)14-18)23(15-24(36)37)35-25(21-4-1-2-5-22(21)27(35)39)34-26(38)16-6-8-20(9-7-16)33-28-31-10-3-11-32-28;/h1-2,4-9,12-14,23,25H,3,10-11,15H2,(H,34,38)(H,36,37)(H2,31,32,33);1H. The van der Waals surface area contributed by atoms with Gasteiger partial charge in [0.15, 0.2) is 5.96 Å². The van der Waals surface area contributed by atoms with Crippen molar-refractivity contribution in [1.29, 1.82) is 0 Å². The van der Waals surface area contributed by atoms with Crippen LogP contribution in [0.3, 0.4) is 0 Å². The van der Waals surface area contributed by atoms with Crippen molar-refractivity contribution in [1.82, 2.24) is 15.5 Å². The van der Waals surface area contributed by atoms with Gasteiger partial charge in [0.25, 0.3) is 11.8 Å². The van der Waals surface area contributed by atoms with Gasteiger partial charge in [-0.05, 0) is 60.5 Å². The zero-order valence-electron chi connectivity index (χ0n) is 21.1. The molecule has 2 amide bonds. The van der Waals surface area contributed by atoms with Crippen LogP contribution in [-0.2, 0) is 4.79 Å². The van der Waals surface area contributed by atoms with E-state index in [4.69, 9.17) is 23.2 Å². The van der Waals surface area contributed by atoms with E-state index < -0.39 is 36.4 Å². The van der Waals surface area contributed by atoms with E-state index >= 15 is 0 Å². The maximum absolute atomic E-state index is 13.6. The molecule has 3 aromatic rings. The van der Waals surface area contributed by atoms with E-state index in [-0.39, 0.29) is 12.4 Å². The summed E-state index contributed by atoms with van der Waals surface area (Å²) >= 11 is 12.4. The molecule has 5 rings (SSSR count). The first kappa shape index (κ1) is 29.2. The summed E-state index contributed by atoms with van der Waals surface area (Å²) in [5, 5.41) is 19.6. The fraction of sp³-hybridized carbons (Fsp3) is 0.214. The smallest absolute Gasteiger partial charge is 0.305 e. The molecule has 9 nitrogen and oxygen atoms in total. The van der Waals surface area contributed by atoms with Gasteiger partial charge >= 0.3 is 5.97 Å². The Morgan fingerprint density at radius 1 is 1.07 bits per heavy atom. The van der Waals surface area contributed by atoms with E-state index in [0.29, 0.717) is 38.3 Å². The average Bonchev–Trinajstić information content (AvgIpc) is 3.18. The number of benzene rings is 3. The molecule has 0 saturated heterocycles. The van der Waals surface area contributed by atoms with Gasteiger partial charge in [-0.25, -0.2) is 0 Å². The van der Waals surface area contributed by atoms with Gasteiger partial charge in [-0.1, -0.05) is 41.4 Å². The van der Waals surface area contributed by atoms with E-state index in [9.17, 15) is 19.5 Å². The van der Waals surface area contributed by atoms with Gasteiger partial charge < -0.3 is 26.0 Å². The Hall–Kier alpha value is -3.79. The van der Waals surface area contributed by atoms with Crippen LogP contribution in [0.15, 0.2) is 71.7 Å². The lowest BCUT2D eigenvalue weighted by Crippen LogP contribution is -2.42. The third-order valence-corrected chi connectivity index (χ3v) is 6.98. The molecule has 0 radical (unpaired) electrons. The van der Waals surface area contributed by atoms with Gasteiger partial charge in [0, 0.05) is 45.5 Å². The zero-order chi connectivity index (χ0) is 27.5. The predicted molar refractivity (Wildman–Crippen MR) is 157 cm³/mol. The van der Waals surface area contributed by atoms with Crippen LogP contribution in [0.1, 0.15) is 56.9 Å². The van der Waals surface area contributed by atoms with Crippen molar-refractivity contribution in [3.63, 3.8) is 0 Å². The first-order valence-electron chi connectivity index (χ1n) is 12.4. The summed E-state index contributed by atoms with van der Waals surface area (Å²) < 4.78 is 0. The molecule has 0 fully saturated rings. The molecule has 4 N–H and O–H groups in total. The molecule has 2 aliphatic rings. The highest BCUT2D eigenvalue weighted by molar-refractivity contribution is 6.34. The Kier molecular flexibility index (Phi) is 9.19. The number of anilines is 1. The van der Waals surface area contributed by atoms with Crippen LogP contribution in [0.5, 0.6) is 0 Å². The van der Waals surface area contributed by atoms with Crippen LogP contribution in [0.2, 0.25) is 10.0 Å². The number of nitrogens with zero attached hydrogens (tertiary/aromatic N) is 2. The molecule has 2 atom stereocenters. The Morgan fingerprint density at radius 2 is 1.77 bits per heavy atom. The highest BCUT2D eigenvalue weighted by Crippen LogP contribution is 2.41. The zero-order valence-corrected chi connectivity index (χ0v) is 23.4. The third kappa shape index (κ3) is 6.33.